The zero-order valence-corrected chi connectivity index (χ0v) is 15.7. The molecule has 2 heterocycles. The number of pyridine rings is 1. The van der Waals surface area contributed by atoms with Crippen molar-refractivity contribution in [1.82, 2.24) is 15.2 Å². The van der Waals surface area contributed by atoms with Crippen LogP contribution in [0, 0.1) is 0 Å². The molecule has 0 spiro atoms. The summed E-state index contributed by atoms with van der Waals surface area (Å²) >= 11 is 12.6. The third-order valence-corrected chi connectivity index (χ3v) is 5.14. The number of aromatic amines is 2. The summed E-state index contributed by atoms with van der Waals surface area (Å²) in [7, 11) is 0. The second-order valence-corrected chi connectivity index (χ2v) is 7.41. The largest absolute Gasteiger partial charge is 0.394 e. The maximum atomic E-state index is 12.6. The monoisotopic (exact) mass is 386 g/mol. The molecule has 0 aliphatic carbocycles. The second-order valence-electron chi connectivity index (χ2n) is 6.57. The Morgan fingerprint density at radius 3 is 2.62 bits per heavy atom. The van der Waals surface area contributed by atoms with Gasteiger partial charge in [-0.3, -0.25) is 9.89 Å². The van der Waals surface area contributed by atoms with Crippen LogP contribution in [0.15, 0.2) is 35.3 Å². The van der Waals surface area contributed by atoms with Gasteiger partial charge in [-0.25, -0.2) is 0 Å². The minimum Gasteiger partial charge on any atom is -0.394 e. The molecular weight excluding hydrogens is 371 g/mol. The average Bonchev–Trinajstić information content (AvgIpc) is 3.08. The Morgan fingerprint density at radius 2 is 1.88 bits per heavy atom. The van der Waals surface area contributed by atoms with Gasteiger partial charge >= 0.3 is 0 Å². The van der Waals surface area contributed by atoms with Crippen molar-refractivity contribution in [3.63, 3.8) is 0 Å². The van der Waals surface area contributed by atoms with Crippen molar-refractivity contribution in [1.29, 1.82) is 0 Å². The lowest BCUT2D eigenvalue weighted by atomic mass is 9.93. The number of hydrogen-bond acceptors (Lipinski definition) is 3. The molecule has 0 saturated carbocycles. The van der Waals surface area contributed by atoms with Gasteiger partial charge < -0.3 is 10.7 Å². The summed E-state index contributed by atoms with van der Waals surface area (Å²) in [5, 5.41) is 9.70. The third-order valence-electron chi connectivity index (χ3n) is 4.61. The van der Waals surface area contributed by atoms with Gasteiger partial charge in [0.1, 0.15) is 5.69 Å². The van der Waals surface area contributed by atoms with E-state index >= 15 is 0 Å². The number of nitrogens with zero attached hydrogens (tertiary/aromatic N) is 1. The molecule has 0 radical (unpaired) electrons. The second kappa shape index (κ2) is 6.04. The van der Waals surface area contributed by atoms with Crippen LogP contribution in [-0.4, -0.2) is 15.2 Å². The maximum absolute atomic E-state index is 12.6. The average molecular weight is 387 g/mol. The summed E-state index contributed by atoms with van der Waals surface area (Å²) in [6.07, 6.45) is 1.68. The molecule has 0 atom stereocenters. The molecule has 5 nitrogen and oxygen atoms in total. The summed E-state index contributed by atoms with van der Waals surface area (Å²) in [4.78, 5) is 15.5. The molecule has 0 fully saturated rings. The number of hydrogen-bond donors (Lipinski definition) is 3. The predicted molar refractivity (Wildman–Crippen MR) is 108 cm³/mol. The van der Waals surface area contributed by atoms with Crippen molar-refractivity contribution < 1.29 is 0 Å². The van der Waals surface area contributed by atoms with E-state index in [1.807, 2.05) is 18.2 Å². The fourth-order valence-corrected chi connectivity index (χ4v) is 3.80. The lowest BCUT2D eigenvalue weighted by Gasteiger charge is -2.16. The number of benzene rings is 2. The highest BCUT2D eigenvalue weighted by atomic mass is 35.5. The van der Waals surface area contributed by atoms with E-state index in [1.165, 1.54) is 0 Å². The van der Waals surface area contributed by atoms with Crippen LogP contribution >= 0.6 is 23.2 Å². The number of H-pyrrole nitrogens is 2. The van der Waals surface area contributed by atoms with E-state index in [0.29, 0.717) is 21.1 Å². The summed E-state index contributed by atoms with van der Waals surface area (Å²) in [6.45, 7) is 4.10. The van der Waals surface area contributed by atoms with Gasteiger partial charge in [0.25, 0.3) is 5.56 Å². The van der Waals surface area contributed by atoms with Crippen molar-refractivity contribution in [3.05, 3.63) is 56.4 Å². The van der Waals surface area contributed by atoms with Crippen LogP contribution in [0.2, 0.25) is 10.0 Å². The molecule has 2 aromatic carbocycles. The first-order chi connectivity index (χ1) is 12.4. The highest BCUT2D eigenvalue weighted by Gasteiger charge is 2.19. The highest BCUT2D eigenvalue weighted by Crippen LogP contribution is 2.40. The van der Waals surface area contributed by atoms with Gasteiger partial charge in [-0.1, -0.05) is 43.1 Å². The first kappa shape index (κ1) is 16.9. The number of rotatable bonds is 2. The maximum Gasteiger partial charge on any atom is 0.272 e. The van der Waals surface area contributed by atoms with Crippen molar-refractivity contribution in [2.45, 2.75) is 19.8 Å². The van der Waals surface area contributed by atoms with Crippen LogP contribution in [0.25, 0.3) is 32.9 Å². The molecule has 0 aliphatic heterocycles. The normalized spacial score (nSPS) is 11.7. The van der Waals surface area contributed by atoms with Crippen LogP contribution in [0.1, 0.15) is 25.3 Å². The van der Waals surface area contributed by atoms with Gasteiger partial charge in [0, 0.05) is 21.4 Å². The lowest BCUT2D eigenvalue weighted by molar-refractivity contribution is 0.872. The molecule has 26 heavy (non-hydrogen) atoms. The summed E-state index contributed by atoms with van der Waals surface area (Å²) in [5.74, 6) is 0.183. The minimum absolute atomic E-state index is 0.138. The molecular formula is C19H16Cl2N4O. The van der Waals surface area contributed by atoms with E-state index in [2.05, 4.69) is 29.0 Å². The molecule has 0 saturated heterocycles. The molecule has 0 unspecified atom stereocenters. The SMILES string of the molecule is CC(C)c1cc(Cl)cc2c(-c3ccc(Cl)c4[nH]ncc34)c(N)c(=O)[nH]c12. The molecule has 0 bridgehead atoms. The van der Waals surface area contributed by atoms with Crippen molar-refractivity contribution in [3.8, 4) is 11.1 Å². The third kappa shape index (κ3) is 2.47. The van der Waals surface area contributed by atoms with Gasteiger partial charge in [-0.2, -0.15) is 5.10 Å². The number of halogens is 2. The molecule has 7 heteroatoms. The van der Waals surface area contributed by atoms with Gasteiger partial charge in [0.2, 0.25) is 0 Å². The van der Waals surface area contributed by atoms with Crippen LogP contribution in [0.5, 0.6) is 0 Å². The van der Waals surface area contributed by atoms with Crippen LogP contribution in [0.4, 0.5) is 5.69 Å². The number of nitrogens with two attached hydrogens (primary N) is 1. The summed E-state index contributed by atoms with van der Waals surface area (Å²) < 4.78 is 0. The molecule has 2 aromatic heterocycles. The van der Waals surface area contributed by atoms with E-state index < -0.39 is 0 Å². The fourth-order valence-electron chi connectivity index (χ4n) is 3.37. The molecule has 0 amide bonds. The predicted octanol–water partition coefficient (Wildman–Crippen LogP) is 5.08. The Kier molecular flexibility index (Phi) is 3.93. The Labute approximate surface area is 159 Å². The van der Waals surface area contributed by atoms with E-state index in [1.54, 1.807) is 12.3 Å². The first-order valence-electron chi connectivity index (χ1n) is 8.15. The molecule has 4 rings (SSSR count). The van der Waals surface area contributed by atoms with Crippen molar-refractivity contribution in [2.24, 2.45) is 0 Å². The number of fused-ring (bicyclic) bond motifs is 2. The van der Waals surface area contributed by atoms with E-state index in [0.717, 1.165) is 27.4 Å². The van der Waals surface area contributed by atoms with Crippen LogP contribution < -0.4 is 11.3 Å². The number of anilines is 1. The Hall–Kier alpha value is -2.50. The van der Waals surface area contributed by atoms with E-state index in [9.17, 15) is 4.79 Å². The summed E-state index contributed by atoms with van der Waals surface area (Å²) in [6, 6.07) is 7.31. The quantitative estimate of drug-likeness (QED) is 0.448. The molecule has 4 aromatic rings. The van der Waals surface area contributed by atoms with Crippen molar-refractivity contribution >= 4 is 50.7 Å². The summed E-state index contributed by atoms with van der Waals surface area (Å²) in [5.41, 5.74) is 9.83. The molecule has 132 valence electrons. The first-order valence-corrected chi connectivity index (χ1v) is 8.91. The van der Waals surface area contributed by atoms with Crippen LogP contribution in [0.3, 0.4) is 0 Å². The number of nitrogen functional groups attached to an aromatic ring is 1. The Balaban J connectivity index is 2.22. The standard InChI is InChI=1S/C19H16Cl2N4O/c1-8(2)11-5-9(20)6-12-15(16(22)19(26)24-17(11)12)10-3-4-14(21)18-13(10)7-23-25-18/h3-8H,22H2,1-2H3,(H,23,25)(H,24,26). The minimum atomic E-state index is -0.330. The highest BCUT2D eigenvalue weighted by molar-refractivity contribution is 6.35. The van der Waals surface area contributed by atoms with Gasteiger partial charge in [0.05, 0.1) is 22.3 Å². The van der Waals surface area contributed by atoms with E-state index in [-0.39, 0.29) is 17.2 Å². The zero-order chi connectivity index (χ0) is 18.6. The number of aromatic nitrogens is 3. The molecule has 4 N–H and O–H groups in total. The number of nitrogens with one attached hydrogen (secondary N) is 2. The Morgan fingerprint density at radius 1 is 1.12 bits per heavy atom. The topological polar surface area (TPSA) is 87.6 Å². The smallest absolute Gasteiger partial charge is 0.272 e. The molecule has 0 aliphatic rings. The van der Waals surface area contributed by atoms with Gasteiger partial charge in [0.15, 0.2) is 0 Å². The van der Waals surface area contributed by atoms with Gasteiger partial charge in [-0.05, 0) is 35.2 Å². The zero-order valence-electron chi connectivity index (χ0n) is 14.2. The fraction of sp³-hybridized carbons (Fsp3) is 0.158. The van der Waals surface area contributed by atoms with E-state index in [4.69, 9.17) is 28.9 Å². The lowest BCUT2D eigenvalue weighted by Crippen LogP contribution is -2.14. The Bertz CT molecular complexity index is 1220. The van der Waals surface area contributed by atoms with Crippen molar-refractivity contribution in [2.75, 3.05) is 5.73 Å². The van der Waals surface area contributed by atoms with Gasteiger partial charge in [-0.15, -0.1) is 0 Å². The van der Waals surface area contributed by atoms with Crippen LogP contribution in [-0.2, 0) is 0 Å².